The van der Waals surface area contributed by atoms with Gasteiger partial charge in [0, 0.05) is 31.7 Å². The van der Waals surface area contributed by atoms with Crippen molar-refractivity contribution in [1.29, 1.82) is 0 Å². The summed E-state index contributed by atoms with van der Waals surface area (Å²) in [7, 11) is 0. The van der Waals surface area contributed by atoms with E-state index in [2.05, 4.69) is 22.8 Å². The number of piperidine rings is 1. The Morgan fingerprint density at radius 2 is 2.05 bits per heavy atom. The van der Waals surface area contributed by atoms with Gasteiger partial charge in [-0.25, -0.2) is 4.39 Å². The number of hydrogen-bond donors (Lipinski definition) is 0. The zero-order valence-corrected chi connectivity index (χ0v) is 12.6. The van der Waals surface area contributed by atoms with Gasteiger partial charge in [0.1, 0.15) is 5.82 Å². The zero-order valence-electron chi connectivity index (χ0n) is 12.6. The van der Waals surface area contributed by atoms with Crippen LogP contribution in [0, 0.1) is 12.7 Å². The second-order valence-electron chi connectivity index (χ2n) is 6.37. The molecule has 2 unspecified atom stereocenters. The third kappa shape index (κ3) is 2.75. The molecule has 2 aliphatic heterocycles. The zero-order chi connectivity index (χ0) is 14.1. The lowest BCUT2D eigenvalue weighted by atomic mass is 9.97. The fourth-order valence-electron chi connectivity index (χ4n) is 3.61. The number of piperazine rings is 1. The van der Waals surface area contributed by atoms with Crippen LogP contribution in [0.2, 0.25) is 0 Å². The fraction of sp³-hybridized carbons (Fsp3) is 0.647. The molecule has 20 heavy (non-hydrogen) atoms. The van der Waals surface area contributed by atoms with Crippen molar-refractivity contribution in [3.63, 3.8) is 0 Å². The third-order valence-corrected chi connectivity index (χ3v) is 5.09. The predicted octanol–water partition coefficient (Wildman–Crippen LogP) is 3.37. The van der Waals surface area contributed by atoms with Crippen LogP contribution in [0.5, 0.6) is 0 Å². The lowest BCUT2D eigenvalue weighted by Crippen LogP contribution is -2.55. The van der Waals surface area contributed by atoms with Crippen LogP contribution in [0.15, 0.2) is 18.2 Å². The van der Waals surface area contributed by atoms with Crippen molar-refractivity contribution in [2.24, 2.45) is 0 Å². The normalized spacial score (nSPS) is 26.2. The molecule has 2 atom stereocenters. The van der Waals surface area contributed by atoms with Crippen LogP contribution >= 0.6 is 0 Å². The van der Waals surface area contributed by atoms with E-state index in [9.17, 15) is 4.39 Å². The molecule has 1 aromatic rings. The smallest absolute Gasteiger partial charge is 0.126 e. The Morgan fingerprint density at radius 3 is 2.85 bits per heavy atom. The largest absolute Gasteiger partial charge is 0.298 e. The number of halogens is 1. The summed E-state index contributed by atoms with van der Waals surface area (Å²) >= 11 is 0. The summed E-state index contributed by atoms with van der Waals surface area (Å²) in [6, 6.07) is 6.73. The maximum Gasteiger partial charge on any atom is 0.126 e. The molecule has 0 N–H and O–H groups in total. The summed E-state index contributed by atoms with van der Waals surface area (Å²) in [6.07, 6.45) is 4.04. The van der Waals surface area contributed by atoms with Crippen LogP contribution in [0.3, 0.4) is 0 Å². The average molecular weight is 276 g/mol. The molecule has 2 fully saturated rings. The molecule has 0 spiro atoms. The molecule has 0 radical (unpaired) electrons. The summed E-state index contributed by atoms with van der Waals surface area (Å²) in [6.45, 7) is 8.71. The Bertz CT molecular complexity index is 474. The van der Waals surface area contributed by atoms with Crippen molar-refractivity contribution in [3.8, 4) is 0 Å². The van der Waals surface area contributed by atoms with Crippen molar-refractivity contribution in [3.05, 3.63) is 35.1 Å². The lowest BCUT2D eigenvalue weighted by Gasteiger charge is -2.46. The van der Waals surface area contributed by atoms with Gasteiger partial charge in [-0.05, 0) is 50.4 Å². The Balaban J connectivity index is 1.70. The molecule has 2 nitrogen and oxygen atoms in total. The first-order chi connectivity index (χ1) is 9.65. The maximum absolute atomic E-state index is 13.7. The number of rotatable bonds is 2. The summed E-state index contributed by atoms with van der Waals surface area (Å²) < 4.78 is 13.7. The molecule has 2 aliphatic rings. The highest BCUT2D eigenvalue weighted by molar-refractivity contribution is 5.25. The van der Waals surface area contributed by atoms with E-state index >= 15 is 0 Å². The van der Waals surface area contributed by atoms with Gasteiger partial charge < -0.3 is 0 Å². The third-order valence-electron chi connectivity index (χ3n) is 5.09. The minimum atomic E-state index is -0.0781. The molecule has 3 rings (SSSR count). The van der Waals surface area contributed by atoms with Crippen LogP contribution in [0.1, 0.15) is 43.4 Å². The molecule has 0 amide bonds. The van der Waals surface area contributed by atoms with E-state index in [0.29, 0.717) is 6.04 Å². The first-order valence-corrected chi connectivity index (χ1v) is 7.89. The van der Waals surface area contributed by atoms with Gasteiger partial charge in [0.2, 0.25) is 0 Å². The van der Waals surface area contributed by atoms with Crippen LogP contribution in [-0.2, 0) is 0 Å². The summed E-state index contributed by atoms with van der Waals surface area (Å²) in [5.41, 5.74) is 1.84. The standard InChI is InChI=1S/C17H25FN2/c1-13-6-7-15(11-17(13)18)14(2)20-10-9-19-8-4-3-5-16(19)12-20/h6-7,11,14,16H,3-5,8-10,12H2,1-2H3. The SMILES string of the molecule is Cc1ccc(C(C)N2CCN3CCCCC3C2)cc1F. The molecule has 0 aliphatic carbocycles. The lowest BCUT2D eigenvalue weighted by molar-refractivity contribution is 0.0307. The molecule has 0 bridgehead atoms. The molecule has 0 saturated carbocycles. The fourth-order valence-corrected chi connectivity index (χ4v) is 3.61. The molecule has 2 heterocycles. The van der Waals surface area contributed by atoms with Crippen LogP contribution < -0.4 is 0 Å². The molecular formula is C17H25FN2. The van der Waals surface area contributed by atoms with Gasteiger partial charge in [-0.2, -0.15) is 0 Å². The summed E-state index contributed by atoms with van der Waals surface area (Å²) in [5.74, 6) is -0.0781. The van der Waals surface area contributed by atoms with Crippen molar-refractivity contribution in [2.45, 2.75) is 45.2 Å². The van der Waals surface area contributed by atoms with Crippen molar-refractivity contribution >= 4 is 0 Å². The van der Waals surface area contributed by atoms with Crippen molar-refractivity contribution < 1.29 is 4.39 Å². The number of benzene rings is 1. The minimum absolute atomic E-state index is 0.0781. The Hall–Kier alpha value is -0.930. The number of fused-ring (bicyclic) bond motifs is 1. The monoisotopic (exact) mass is 276 g/mol. The first-order valence-electron chi connectivity index (χ1n) is 7.89. The second kappa shape index (κ2) is 5.82. The quantitative estimate of drug-likeness (QED) is 0.817. The van der Waals surface area contributed by atoms with Crippen molar-refractivity contribution in [1.82, 2.24) is 9.80 Å². The highest BCUT2D eigenvalue weighted by Gasteiger charge is 2.31. The van der Waals surface area contributed by atoms with Gasteiger partial charge in [-0.1, -0.05) is 18.6 Å². The summed E-state index contributed by atoms with van der Waals surface area (Å²) in [4.78, 5) is 5.17. The van der Waals surface area contributed by atoms with Crippen LogP contribution in [0.4, 0.5) is 4.39 Å². The van der Waals surface area contributed by atoms with Gasteiger partial charge in [-0.3, -0.25) is 9.80 Å². The van der Waals surface area contributed by atoms with Crippen LogP contribution in [0.25, 0.3) is 0 Å². The van der Waals surface area contributed by atoms with Gasteiger partial charge in [-0.15, -0.1) is 0 Å². The van der Waals surface area contributed by atoms with Gasteiger partial charge >= 0.3 is 0 Å². The molecule has 110 valence electrons. The molecule has 0 aromatic heterocycles. The summed E-state index contributed by atoms with van der Waals surface area (Å²) in [5, 5.41) is 0. The number of hydrogen-bond acceptors (Lipinski definition) is 2. The number of aryl methyl sites for hydroxylation is 1. The van der Waals surface area contributed by atoms with Gasteiger partial charge in [0.15, 0.2) is 0 Å². The van der Waals surface area contributed by atoms with E-state index in [4.69, 9.17) is 0 Å². The van der Waals surface area contributed by atoms with Gasteiger partial charge in [0.05, 0.1) is 0 Å². The minimum Gasteiger partial charge on any atom is -0.298 e. The molecular weight excluding hydrogens is 251 g/mol. The predicted molar refractivity (Wildman–Crippen MR) is 80.3 cm³/mol. The molecule has 3 heteroatoms. The van der Waals surface area contributed by atoms with E-state index in [0.717, 1.165) is 30.3 Å². The van der Waals surface area contributed by atoms with Crippen molar-refractivity contribution in [2.75, 3.05) is 26.2 Å². The van der Waals surface area contributed by atoms with E-state index in [1.807, 2.05) is 13.0 Å². The Kier molecular flexibility index (Phi) is 4.08. The highest BCUT2D eigenvalue weighted by Crippen LogP contribution is 2.28. The Morgan fingerprint density at radius 1 is 1.20 bits per heavy atom. The second-order valence-corrected chi connectivity index (χ2v) is 6.37. The van der Waals surface area contributed by atoms with E-state index in [1.165, 1.54) is 32.4 Å². The van der Waals surface area contributed by atoms with E-state index in [-0.39, 0.29) is 5.82 Å². The first kappa shape index (κ1) is 14.0. The van der Waals surface area contributed by atoms with Gasteiger partial charge in [0.25, 0.3) is 0 Å². The van der Waals surface area contributed by atoms with E-state index < -0.39 is 0 Å². The molecule has 1 aromatic carbocycles. The highest BCUT2D eigenvalue weighted by atomic mass is 19.1. The van der Waals surface area contributed by atoms with E-state index in [1.54, 1.807) is 6.07 Å². The maximum atomic E-state index is 13.7. The van der Waals surface area contributed by atoms with Crippen LogP contribution in [-0.4, -0.2) is 42.0 Å². The number of nitrogens with zero attached hydrogens (tertiary/aromatic N) is 2. The average Bonchev–Trinajstić information content (AvgIpc) is 2.49. The topological polar surface area (TPSA) is 6.48 Å². The molecule has 2 saturated heterocycles. The Labute approximate surface area is 121 Å².